The van der Waals surface area contributed by atoms with Crippen molar-refractivity contribution in [1.82, 2.24) is 9.97 Å². The molecule has 0 aliphatic carbocycles. The van der Waals surface area contributed by atoms with Gasteiger partial charge < -0.3 is 5.11 Å². The van der Waals surface area contributed by atoms with Gasteiger partial charge in [-0.3, -0.25) is 14.5 Å². The van der Waals surface area contributed by atoms with Gasteiger partial charge in [0.15, 0.2) is 0 Å². The van der Waals surface area contributed by atoms with E-state index >= 15 is 0 Å². The van der Waals surface area contributed by atoms with Crippen LogP contribution >= 0.6 is 11.6 Å². The highest BCUT2D eigenvalue weighted by molar-refractivity contribution is 6.29. The summed E-state index contributed by atoms with van der Waals surface area (Å²) >= 11 is 5.66. The third-order valence-corrected chi connectivity index (χ3v) is 2.54. The standard InChI is InChI=1S/C9H8ClN3O3/c10-6-1-2-11-9(12-6)13-4-5(8(15)16)3-7(13)14/h1-2,5H,3-4H2,(H,15,16). The molecule has 84 valence electrons. The number of halogens is 1. The molecule has 0 radical (unpaired) electrons. The largest absolute Gasteiger partial charge is 0.481 e. The SMILES string of the molecule is O=C(O)C1CC(=O)N(c2nccc(Cl)n2)C1. The van der Waals surface area contributed by atoms with E-state index in [4.69, 9.17) is 16.7 Å². The van der Waals surface area contributed by atoms with Crippen molar-refractivity contribution in [2.75, 3.05) is 11.4 Å². The smallest absolute Gasteiger partial charge is 0.308 e. The Morgan fingerprint density at radius 3 is 2.94 bits per heavy atom. The van der Waals surface area contributed by atoms with Crippen molar-refractivity contribution in [3.63, 3.8) is 0 Å². The molecule has 1 aliphatic rings. The zero-order valence-electron chi connectivity index (χ0n) is 8.13. The molecule has 1 aromatic rings. The minimum absolute atomic E-state index is 0.0226. The predicted octanol–water partition coefficient (Wildman–Crippen LogP) is 0.567. The molecular weight excluding hydrogens is 234 g/mol. The van der Waals surface area contributed by atoms with Crippen molar-refractivity contribution in [3.05, 3.63) is 17.4 Å². The lowest BCUT2D eigenvalue weighted by Gasteiger charge is -2.12. The van der Waals surface area contributed by atoms with Gasteiger partial charge in [-0.05, 0) is 6.07 Å². The second-order valence-electron chi connectivity index (χ2n) is 3.42. The maximum atomic E-state index is 11.5. The van der Waals surface area contributed by atoms with Crippen molar-refractivity contribution >= 4 is 29.4 Å². The van der Waals surface area contributed by atoms with Crippen LogP contribution in [0.3, 0.4) is 0 Å². The molecule has 16 heavy (non-hydrogen) atoms. The summed E-state index contributed by atoms with van der Waals surface area (Å²) in [5, 5.41) is 9.02. The normalized spacial score (nSPS) is 20.2. The molecule has 6 nitrogen and oxygen atoms in total. The number of anilines is 1. The number of rotatable bonds is 2. The Labute approximate surface area is 95.9 Å². The Morgan fingerprint density at radius 1 is 1.62 bits per heavy atom. The summed E-state index contributed by atoms with van der Waals surface area (Å²) in [5.41, 5.74) is 0. The van der Waals surface area contributed by atoms with Crippen molar-refractivity contribution in [3.8, 4) is 0 Å². The van der Waals surface area contributed by atoms with E-state index in [0.29, 0.717) is 0 Å². The fraction of sp³-hybridized carbons (Fsp3) is 0.333. The highest BCUT2D eigenvalue weighted by atomic mass is 35.5. The molecule has 1 N–H and O–H groups in total. The Bertz CT molecular complexity index is 451. The molecule has 1 atom stereocenters. The second-order valence-corrected chi connectivity index (χ2v) is 3.81. The number of hydrogen-bond acceptors (Lipinski definition) is 4. The van der Waals surface area contributed by atoms with E-state index in [0.717, 1.165) is 0 Å². The molecule has 1 saturated heterocycles. The first-order valence-corrected chi connectivity index (χ1v) is 4.97. The van der Waals surface area contributed by atoms with Crippen LogP contribution in [0.5, 0.6) is 0 Å². The van der Waals surface area contributed by atoms with Gasteiger partial charge in [0.2, 0.25) is 11.9 Å². The molecule has 2 rings (SSSR count). The topological polar surface area (TPSA) is 83.4 Å². The van der Waals surface area contributed by atoms with Crippen molar-refractivity contribution < 1.29 is 14.7 Å². The predicted molar refractivity (Wildman–Crippen MR) is 55.1 cm³/mol. The minimum atomic E-state index is -0.988. The van der Waals surface area contributed by atoms with Gasteiger partial charge in [-0.1, -0.05) is 11.6 Å². The van der Waals surface area contributed by atoms with E-state index in [-0.39, 0.29) is 30.0 Å². The van der Waals surface area contributed by atoms with Crippen LogP contribution in [0.25, 0.3) is 0 Å². The Balaban J connectivity index is 2.23. The maximum absolute atomic E-state index is 11.5. The van der Waals surface area contributed by atoms with Crippen LogP contribution in [0.4, 0.5) is 5.95 Å². The molecular formula is C9H8ClN3O3. The van der Waals surface area contributed by atoms with Crippen molar-refractivity contribution in [2.45, 2.75) is 6.42 Å². The molecule has 2 heterocycles. The molecule has 1 unspecified atom stereocenters. The lowest BCUT2D eigenvalue weighted by molar-refractivity contribution is -0.141. The van der Waals surface area contributed by atoms with Crippen LogP contribution in [-0.4, -0.2) is 33.5 Å². The van der Waals surface area contributed by atoms with Crippen molar-refractivity contribution in [1.29, 1.82) is 0 Å². The number of aromatic nitrogens is 2. The van der Waals surface area contributed by atoms with Gasteiger partial charge >= 0.3 is 5.97 Å². The average Bonchev–Trinajstić information content (AvgIpc) is 2.60. The quantitative estimate of drug-likeness (QED) is 0.766. The van der Waals surface area contributed by atoms with Gasteiger partial charge in [0.1, 0.15) is 5.15 Å². The molecule has 0 saturated carbocycles. The van der Waals surface area contributed by atoms with E-state index < -0.39 is 11.9 Å². The van der Waals surface area contributed by atoms with Gasteiger partial charge in [0, 0.05) is 19.2 Å². The minimum Gasteiger partial charge on any atom is -0.481 e. The number of carbonyl (C=O) groups is 2. The molecule has 0 aromatic carbocycles. The summed E-state index contributed by atoms with van der Waals surface area (Å²) in [6.45, 7) is 0.0918. The van der Waals surface area contributed by atoms with E-state index in [9.17, 15) is 9.59 Å². The second kappa shape index (κ2) is 4.05. The van der Waals surface area contributed by atoms with E-state index in [1.165, 1.54) is 17.2 Å². The van der Waals surface area contributed by atoms with E-state index in [2.05, 4.69) is 9.97 Å². The fourth-order valence-electron chi connectivity index (χ4n) is 1.52. The van der Waals surface area contributed by atoms with Gasteiger partial charge in [0.25, 0.3) is 0 Å². The third kappa shape index (κ3) is 1.96. The first-order chi connectivity index (χ1) is 7.58. The molecule has 1 aromatic heterocycles. The first kappa shape index (κ1) is 10.8. The van der Waals surface area contributed by atoms with Crippen LogP contribution in [-0.2, 0) is 9.59 Å². The first-order valence-electron chi connectivity index (χ1n) is 4.59. The fourth-order valence-corrected chi connectivity index (χ4v) is 1.66. The van der Waals surface area contributed by atoms with Crippen LogP contribution in [0.2, 0.25) is 5.15 Å². The summed E-state index contributed by atoms with van der Waals surface area (Å²) in [4.78, 5) is 31.3. The van der Waals surface area contributed by atoms with Crippen molar-refractivity contribution in [2.24, 2.45) is 5.92 Å². The Kier molecular flexibility index (Phi) is 2.74. The van der Waals surface area contributed by atoms with Crippen LogP contribution in [0, 0.1) is 5.92 Å². The number of hydrogen-bond donors (Lipinski definition) is 1. The highest BCUT2D eigenvalue weighted by Crippen LogP contribution is 2.22. The third-order valence-electron chi connectivity index (χ3n) is 2.32. The zero-order valence-corrected chi connectivity index (χ0v) is 8.89. The van der Waals surface area contributed by atoms with Crippen LogP contribution in [0.15, 0.2) is 12.3 Å². The summed E-state index contributed by atoms with van der Waals surface area (Å²) in [6.07, 6.45) is 1.40. The van der Waals surface area contributed by atoms with Gasteiger partial charge in [-0.25, -0.2) is 9.97 Å². The Morgan fingerprint density at radius 2 is 2.38 bits per heavy atom. The van der Waals surface area contributed by atoms with Gasteiger partial charge in [0.05, 0.1) is 5.92 Å². The number of aliphatic carboxylic acids is 1. The number of nitrogens with zero attached hydrogens (tertiary/aromatic N) is 3. The average molecular weight is 242 g/mol. The summed E-state index contributed by atoms with van der Waals surface area (Å²) in [6, 6.07) is 1.49. The molecule has 7 heteroatoms. The lowest BCUT2D eigenvalue weighted by atomic mass is 10.1. The summed E-state index contributed by atoms with van der Waals surface area (Å²) in [5.74, 6) is -1.83. The molecule has 0 spiro atoms. The summed E-state index contributed by atoms with van der Waals surface area (Å²) in [7, 11) is 0. The van der Waals surface area contributed by atoms with Crippen LogP contribution in [0.1, 0.15) is 6.42 Å². The number of carboxylic acid groups (broad SMARTS) is 1. The highest BCUT2D eigenvalue weighted by Gasteiger charge is 2.36. The summed E-state index contributed by atoms with van der Waals surface area (Å²) < 4.78 is 0. The molecule has 1 fully saturated rings. The number of carbonyl (C=O) groups excluding carboxylic acids is 1. The molecule has 0 bridgehead atoms. The monoisotopic (exact) mass is 241 g/mol. The van der Waals surface area contributed by atoms with E-state index in [1.54, 1.807) is 0 Å². The van der Waals surface area contributed by atoms with Crippen LogP contribution < -0.4 is 4.90 Å². The van der Waals surface area contributed by atoms with E-state index in [1.807, 2.05) is 0 Å². The number of amides is 1. The molecule has 1 amide bonds. The molecule has 1 aliphatic heterocycles. The maximum Gasteiger partial charge on any atom is 0.308 e. The lowest BCUT2D eigenvalue weighted by Crippen LogP contribution is -2.27. The Hall–Kier alpha value is -1.69. The number of carboxylic acids is 1. The van der Waals surface area contributed by atoms with Gasteiger partial charge in [-0.2, -0.15) is 0 Å². The zero-order chi connectivity index (χ0) is 11.7. The van der Waals surface area contributed by atoms with Gasteiger partial charge in [-0.15, -0.1) is 0 Å².